The molecule has 1 unspecified atom stereocenters. The molecule has 0 aliphatic carbocycles. The molecule has 0 bridgehead atoms. The molecule has 0 fully saturated rings. The highest BCUT2D eigenvalue weighted by Gasteiger charge is 2.20. The van der Waals surface area contributed by atoms with Gasteiger partial charge in [-0.2, -0.15) is 0 Å². The molecule has 1 N–H and O–H groups in total. The third-order valence-corrected chi connectivity index (χ3v) is 4.59. The van der Waals surface area contributed by atoms with Crippen molar-refractivity contribution in [3.05, 3.63) is 69.7 Å². The molecule has 1 aliphatic heterocycles. The van der Waals surface area contributed by atoms with Crippen LogP contribution in [-0.4, -0.2) is 17.9 Å². The first-order valence-corrected chi connectivity index (χ1v) is 7.79. The molecule has 1 aliphatic rings. The van der Waals surface area contributed by atoms with Crippen molar-refractivity contribution in [3.8, 4) is 0 Å². The SMILES string of the molecule is CC(c1ccc(Cl)cc1)N(C)C(=O)c1ccc2c(c1)CNC2. The molecule has 1 heterocycles. The van der Waals surface area contributed by atoms with Gasteiger partial charge in [0.15, 0.2) is 0 Å². The number of benzene rings is 2. The Morgan fingerprint density at radius 2 is 1.82 bits per heavy atom. The predicted molar refractivity (Wildman–Crippen MR) is 88.9 cm³/mol. The Bertz CT molecular complexity index is 697. The van der Waals surface area contributed by atoms with Gasteiger partial charge >= 0.3 is 0 Å². The number of hydrogen-bond acceptors (Lipinski definition) is 2. The molecular formula is C18H19ClN2O. The molecule has 22 heavy (non-hydrogen) atoms. The highest BCUT2D eigenvalue weighted by molar-refractivity contribution is 6.30. The van der Waals surface area contributed by atoms with E-state index in [2.05, 4.69) is 5.32 Å². The Morgan fingerprint density at radius 3 is 2.55 bits per heavy atom. The van der Waals surface area contributed by atoms with Crippen LogP contribution in [-0.2, 0) is 13.1 Å². The van der Waals surface area contributed by atoms with Crippen LogP contribution in [0.15, 0.2) is 42.5 Å². The molecule has 0 spiro atoms. The zero-order valence-corrected chi connectivity index (χ0v) is 13.5. The maximum atomic E-state index is 12.7. The Balaban J connectivity index is 1.80. The van der Waals surface area contributed by atoms with Gasteiger partial charge in [-0.15, -0.1) is 0 Å². The lowest BCUT2D eigenvalue weighted by Gasteiger charge is -2.25. The topological polar surface area (TPSA) is 32.3 Å². The molecule has 4 heteroatoms. The molecular weight excluding hydrogens is 296 g/mol. The van der Waals surface area contributed by atoms with Crippen molar-refractivity contribution >= 4 is 17.5 Å². The maximum absolute atomic E-state index is 12.7. The van der Waals surface area contributed by atoms with Gasteiger partial charge in [-0.05, 0) is 47.9 Å². The van der Waals surface area contributed by atoms with Crippen molar-refractivity contribution in [2.75, 3.05) is 7.05 Å². The first-order chi connectivity index (χ1) is 10.6. The third-order valence-electron chi connectivity index (χ3n) is 4.34. The van der Waals surface area contributed by atoms with Crippen LogP contribution in [0.5, 0.6) is 0 Å². The van der Waals surface area contributed by atoms with Crippen molar-refractivity contribution < 1.29 is 4.79 Å². The van der Waals surface area contributed by atoms with Crippen molar-refractivity contribution in [3.63, 3.8) is 0 Å². The second-order valence-corrected chi connectivity index (χ2v) is 6.17. The number of fused-ring (bicyclic) bond motifs is 1. The minimum Gasteiger partial charge on any atom is -0.335 e. The number of hydrogen-bond donors (Lipinski definition) is 1. The van der Waals surface area contributed by atoms with E-state index in [1.807, 2.05) is 56.4 Å². The maximum Gasteiger partial charge on any atom is 0.254 e. The van der Waals surface area contributed by atoms with Gasteiger partial charge in [-0.1, -0.05) is 29.8 Å². The van der Waals surface area contributed by atoms with Gasteiger partial charge in [-0.3, -0.25) is 4.79 Å². The Kier molecular flexibility index (Phi) is 4.19. The summed E-state index contributed by atoms with van der Waals surface area (Å²) in [5, 5.41) is 4.00. The predicted octanol–water partition coefficient (Wildman–Crippen LogP) is 3.78. The van der Waals surface area contributed by atoms with Crippen LogP contribution in [0.4, 0.5) is 0 Å². The van der Waals surface area contributed by atoms with Crippen LogP contribution in [0.3, 0.4) is 0 Å². The molecule has 0 saturated heterocycles. The van der Waals surface area contributed by atoms with E-state index in [1.165, 1.54) is 11.1 Å². The van der Waals surface area contributed by atoms with E-state index >= 15 is 0 Å². The lowest BCUT2D eigenvalue weighted by atomic mass is 10.0. The molecule has 0 saturated carbocycles. The summed E-state index contributed by atoms with van der Waals surface area (Å²) in [5.41, 5.74) is 4.32. The van der Waals surface area contributed by atoms with Crippen molar-refractivity contribution in [2.45, 2.75) is 26.1 Å². The Morgan fingerprint density at radius 1 is 1.14 bits per heavy atom. The summed E-state index contributed by atoms with van der Waals surface area (Å²) in [6, 6.07) is 13.6. The summed E-state index contributed by atoms with van der Waals surface area (Å²) in [5.74, 6) is 0.0390. The monoisotopic (exact) mass is 314 g/mol. The first kappa shape index (κ1) is 15.1. The van der Waals surface area contributed by atoms with Gasteiger partial charge in [0.05, 0.1) is 6.04 Å². The molecule has 0 aromatic heterocycles. The minimum absolute atomic E-state index is 0.00357. The van der Waals surface area contributed by atoms with E-state index in [9.17, 15) is 4.79 Å². The molecule has 3 rings (SSSR count). The second-order valence-electron chi connectivity index (χ2n) is 5.73. The van der Waals surface area contributed by atoms with E-state index in [4.69, 9.17) is 11.6 Å². The summed E-state index contributed by atoms with van der Waals surface area (Å²) >= 11 is 5.92. The zero-order chi connectivity index (χ0) is 15.7. The van der Waals surface area contributed by atoms with E-state index in [0.717, 1.165) is 24.2 Å². The smallest absolute Gasteiger partial charge is 0.254 e. The largest absolute Gasteiger partial charge is 0.335 e. The number of carbonyl (C=O) groups excluding carboxylic acids is 1. The average Bonchev–Trinajstić information content (AvgIpc) is 3.01. The van der Waals surface area contributed by atoms with Gasteiger partial charge < -0.3 is 10.2 Å². The van der Waals surface area contributed by atoms with Crippen LogP contribution in [0.2, 0.25) is 5.02 Å². The first-order valence-electron chi connectivity index (χ1n) is 7.41. The lowest BCUT2D eigenvalue weighted by molar-refractivity contribution is 0.0742. The molecule has 1 amide bonds. The lowest BCUT2D eigenvalue weighted by Crippen LogP contribution is -2.29. The average molecular weight is 315 g/mol. The van der Waals surface area contributed by atoms with Crippen molar-refractivity contribution in [1.29, 1.82) is 0 Å². The summed E-state index contributed by atoms with van der Waals surface area (Å²) < 4.78 is 0. The summed E-state index contributed by atoms with van der Waals surface area (Å²) in [4.78, 5) is 14.5. The molecule has 0 radical (unpaired) electrons. The van der Waals surface area contributed by atoms with Crippen LogP contribution >= 0.6 is 11.6 Å². The fraction of sp³-hybridized carbons (Fsp3) is 0.278. The fourth-order valence-corrected chi connectivity index (χ4v) is 2.90. The number of nitrogens with one attached hydrogen (secondary N) is 1. The molecule has 3 nitrogen and oxygen atoms in total. The van der Waals surface area contributed by atoms with E-state index in [0.29, 0.717) is 5.02 Å². The number of halogens is 1. The van der Waals surface area contributed by atoms with Gasteiger partial charge in [-0.25, -0.2) is 0 Å². The normalized spacial score (nSPS) is 14.5. The van der Waals surface area contributed by atoms with Crippen LogP contribution < -0.4 is 5.32 Å². The quantitative estimate of drug-likeness (QED) is 0.935. The number of rotatable bonds is 3. The minimum atomic E-state index is -0.00357. The van der Waals surface area contributed by atoms with E-state index in [1.54, 1.807) is 4.90 Å². The number of nitrogens with zero attached hydrogens (tertiary/aromatic N) is 1. The van der Waals surface area contributed by atoms with Crippen LogP contribution in [0, 0.1) is 0 Å². The Hall–Kier alpha value is -1.84. The standard InChI is InChI=1S/C18H19ClN2O/c1-12(13-5-7-17(19)8-6-13)21(2)18(22)14-3-4-15-10-20-11-16(15)9-14/h3-9,12,20H,10-11H2,1-2H3. The molecule has 2 aromatic carbocycles. The highest BCUT2D eigenvalue weighted by Crippen LogP contribution is 2.24. The van der Waals surface area contributed by atoms with Crippen molar-refractivity contribution in [1.82, 2.24) is 10.2 Å². The van der Waals surface area contributed by atoms with Crippen molar-refractivity contribution in [2.24, 2.45) is 0 Å². The third kappa shape index (κ3) is 2.87. The van der Waals surface area contributed by atoms with Crippen LogP contribution in [0.25, 0.3) is 0 Å². The van der Waals surface area contributed by atoms with E-state index < -0.39 is 0 Å². The summed E-state index contributed by atoms with van der Waals surface area (Å²) in [6.45, 7) is 3.75. The second kappa shape index (κ2) is 6.11. The summed E-state index contributed by atoms with van der Waals surface area (Å²) in [6.07, 6.45) is 0. The van der Waals surface area contributed by atoms with Gasteiger partial charge in [0.1, 0.15) is 0 Å². The molecule has 1 atom stereocenters. The van der Waals surface area contributed by atoms with Gasteiger partial charge in [0, 0.05) is 30.7 Å². The Labute approximate surface area is 135 Å². The number of carbonyl (C=O) groups is 1. The fourth-order valence-electron chi connectivity index (χ4n) is 2.77. The zero-order valence-electron chi connectivity index (χ0n) is 12.8. The number of amides is 1. The van der Waals surface area contributed by atoms with Gasteiger partial charge in [0.25, 0.3) is 5.91 Å². The van der Waals surface area contributed by atoms with Crippen LogP contribution in [0.1, 0.15) is 40.0 Å². The van der Waals surface area contributed by atoms with E-state index in [-0.39, 0.29) is 11.9 Å². The highest BCUT2D eigenvalue weighted by atomic mass is 35.5. The molecule has 114 valence electrons. The molecule has 2 aromatic rings. The van der Waals surface area contributed by atoms with Gasteiger partial charge in [0.2, 0.25) is 0 Å². The summed E-state index contributed by atoms with van der Waals surface area (Å²) in [7, 11) is 1.84.